The molecule has 0 radical (unpaired) electrons. The molecule has 0 fully saturated rings. The number of ether oxygens (including phenoxy) is 1. The zero-order valence-corrected chi connectivity index (χ0v) is 10.9. The van der Waals surface area contributed by atoms with Gasteiger partial charge in [0, 0.05) is 24.5 Å². The fourth-order valence-corrected chi connectivity index (χ4v) is 1.95. The van der Waals surface area contributed by atoms with E-state index >= 15 is 0 Å². The van der Waals surface area contributed by atoms with Gasteiger partial charge in [0.15, 0.2) is 11.5 Å². The fourth-order valence-electron chi connectivity index (χ4n) is 1.95. The minimum absolute atomic E-state index is 0.574. The summed E-state index contributed by atoms with van der Waals surface area (Å²) in [6.07, 6.45) is 4.71. The summed E-state index contributed by atoms with van der Waals surface area (Å²) < 4.78 is 5.32. The lowest BCUT2D eigenvalue weighted by Gasteiger charge is -2.10. The van der Waals surface area contributed by atoms with Crippen molar-refractivity contribution < 1.29 is 4.74 Å². The van der Waals surface area contributed by atoms with Gasteiger partial charge in [-0.1, -0.05) is 18.2 Å². The zero-order chi connectivity index (χ0) is 13.8. The molecule has 20 heavy (non-hydrogen) atoms. The highest BCUT2D eigenvalue weighted by atomic mass is 16.5. The second kappa shape index (κ2) is 5.48. The predicted octanol–water partition coefficient (Wildman–Crippen LogP) is 2.04. The van der Waals surface area contributed by atoms with Gasteiger partial charge in [0.05, 0.1) is 7.11 Å². The van der Waals surface area contributed by atoms with E-state index in [-0.39, 0.29) is 0 Å². The molecular formula is C14H13N5O. The van der Waals surface area contributed by atoms with Gasteiger partial charge in [-0.15, -0.1) is 0 Å². The molecule has 6 heteroatoms. The second-order valence-electron chi connectivity index (χ2n) is 4.12. The number of hydrogen-bond donors (Lipinski definition) is 1. The van der Waals surface area contributed by atoms with Crippen LogP contribution in [-0.4, -0.2) is 27.0 Å². The van der Waals surface area contributed by atoms with Crippen molar-refractivity contribution in [2.45, 2.75) is 6.54 Å². The number of fused-ring (bicyclic) bond motifs is 1. The lowest BCUT2D eigenvalue weighted by atomic mass is 10.2. The molecule has 0 saturated carbocycles. The maximum Gasteiger partial charge on any atom is 0.183 e. The first-order chi connectivity index (χ1) is 9.88. The molecule has 1 aromatic carbocycles. The van der Waals surface area contributed by atoms with Crippen molar-refractivity contribution in [3.63, 3.8) is 0 Å². The highest BCUT2D eigenvalue weighted by Gasteiger charge is 2.06. The van der Waals surface area contributed by atoms with E-state index in [1.807, 2.05) is 24.3 Å². The van der Waals surface area contributed by atoms with E-state index in [1.54, 1.807) is 19.5 Å². The van der Waals surface area contributed by atoms with Gasteiger partial charge in [-0.05, 0) is 6.07 Å². The summed E-state index contributed by atoms with van der Waals surface area (Å²) in [5.41, 5.74) is 2.28. The van der Waals surface area contributed by atoms with Crippen molar-refractivity contribution in [2.75, 3.05) is 12.4 Å². The van der Waals surface area contributed by atoms with Crippen LogP contribution in [0.15, 0.2) is 43.0 Å². The summed E-state index contributed by atoms with van der Waals surface area (Å²) in [5, 5.41) is 3.25. The molecule has 0 bridgehead atoms. The summed E-state index contributed by atoms with van der Waals surface area (Å²) in [6.45, 7) is 0.590. The third-order valence-electron chi connectivity index (χ3n) is 2.91. The number of benzene rings is 1. The number of rotatable bonds is 4. The van der Waals surface area contributed by atoms with Crippen LogP contribution in [0, 0.1) is 0 Å². The molecule has 2 heterocycles. The Balaban J connectivity index is 1.87. The highest BCUT2D eigenvalue weighted by molar-refractivity contribution is 5.81. The van der Waals surface area contributed by atoms with Crippen molar-refractivity contribution in [2.24, 2.45) is 0 Å². The van der Waals surface area contributed by atoms with Gasteiger partial charge < -0.3 is 10.1 Å². The minimum atomic E-state index is 0.574. The number of hydrogen-bond acceptors (Lipinski definition) is 6. The third kappa shape index (κ3) is 2.35. The standard InChI is InChI=1S/C14H13N5O/c1-20-11-5-3-2-4-10(11)8-17-14-12-13(18-9-19-14)16-7-6-15-12/h2-7,9H,8H2,1H3,(H,16,17,18,19). The van der Waals surface area contributed by atoms with Crippen molar-refractivity contribution in [1.82, 2.24) is 19.9 Å². The molecule has 100 valence electrons. The van der Waals surface area contributed by atoms with Gasteiger partial charge in [0.25, 0.3) is 0 Å². The zero-order valence-electron chi connectivity index (χ0n) is 10.9. The Morgan fingerprint density at radius 1 is 1.05 bits per heavy atom. The van der Waals surface area contributed by atoms with Crippen molar-refractivity contribution in [3.8, 4) is 5.75 Å². The first-order valence-corrected chi connectivity index (χ1v) is 6.16. The molecule has 0 unspecified atom stereocenters. The van der Waals surface area contributed by atoms with E-state index in [2.05, 4.69) is 25.3 Å². The Morgan fingerprint density at radius 3 is 2.80 bits per heavy atom. The van der Waals surface area contributed by atoms with Gasteiger partial charge in [0.1, 0.15) is 17.6 Å². The molecule has 3 rings (SSSR count). The Bertz CT molecular complexity index is 726. The average Bonchev–Trinajstić information content (AvgIpc) is 2.53. The van der Waals surface area contributed by atoms with Crippen LogP contribution in [0.3, 0.4) is 0 Å². The van der Waals surface area contributed by atoms with Crippen molar-refractivity contribution in [1.29, 1.82) is 0 Å². The SMILES string of the molecule is COc1ccccc1CNc1ncnc2nccnc12. The van der Waals surface area contributed by atoms with Crippen LogP contribution >= 0.6 is 0 Å². The number of aromatic nitrogens is 4. The first kappa shape index (κ1) is 12.3. The predicted molar refractivity (Wildman–Crippen MR) is 75.4 cm³/mol. The summed E-state index contributed by atoms with van der Waals surface area (Å²) in [6, 6.07) is 7.83. The number of para-hydroxylation sites is 1. The van der Waals surface area contributed by atoms with Gasteiger partial charge in [0.2, 0.25) is 0 Å². The molecular weight excluding hydrogens is 254 g/mol. The summed E-state index contributed by atoms with van der Waals surface area (Å²) >= 11 is 0. The number of nitrogens with one attached hydrogen (secondary N) is 1. The Labute approximate surface area is 115 Å². The van der Waals surface area contributed by atoms with Crippen LogP contribution < -0.4 is 10.1 Å². The summed E-state index contributed by atoms with van der Waals surface area (Å²) in [4.78, 5) is 16.7. The molecule has 0 aliphatic rings. The molecule has 0 amide bonds. The number of methoxy groups -OCH3 is 1. The van der Waals surface area contributed by atoms with Crippen molar-refractivity contribution in [3.05, 3.63) is 48.5 Å². The van der Waals surface area contributed by atoms with E-state index < -0.39 is 0 Å². The highest BCUT2D eigenvalue weighted by Crippen LogP contribution is 2.20. The molecule has 0 spiro atoms. The molecule has 3 aromatic rings. The monoisotopic (exact) mass is 267 g/mol. The van der Waals surface area contributed by atoms with Crippen LogP contribution in [-0.2, 0) is 6.54 Å². The van der Waals surface area contributed by atoms with Gasteiger partial charge in [-0.2, -0.15) is 0 Å². The number of anilines is 1. The third-order valence-corrected chi connectivity index (χ3v) is 2.91. The summed E-state index contributed by atoms with van der Waals surface area (Å²) in [5.74, 6) is 1.50. The molecule has 0 atom stereocenters. The fraction of sp³-hybridized carbons (Fsp3) is 0.143. The van der Waals surface area contributed by atoms with E-state index in [1.165, 1.54) is 6.33 Å². The van der Waals surface area contributed by atoms with Crippen molar-refractivity contribution >= 4 is 17.0 Å². The molecule has 0 saturated heterocycles. The molecule has 0 aliphatic heterocycles. The largest absolute Gasteiger partial charge is 0.496 e. The normalized spacial score (nSPS) is 10.4. The Kier molecular flexibility index (Phi) is 3.36. The maximum atomic E-state index is 5.32. The van der Waals surface area contributed by atoms with Crippen LogP contribution in [0.5, 0.6) is 5.75 Å². The Morgan fingerprint density at radius 2 is 1.90 bits per heavy atom. The minimum Gasteiger partial charge on any atom is -0.496 e. The summed E-state index contributed by atoms with van der Waals surface area (Å²) in [7, 11) is 1.66. The van der Waals surface area contributed by atoms with Gasteiger partial charge in [-0.3, -0.25) is 0 Å². The van der Waals surface area contributed by atoms with Crippen LogP contribution in [0.25, 0.3) is 11.2 Å². The quantitative estimate of drug-likeness (QED) is 0.779. The Hall–Kier alpha value is -2.76. The second-order valence-corrected chi connectivity index (χ2v) is 4.12. The lowest BCUT2D eigenvalue weighted by molar-refractivity contribution is 0.410. The first-order valence-electron chi connectivity index (χ1n) is 6.16. The molecule has 0 aliphatic carbocycles. The van der Waals surface area contributed by atoms with Gasteiger partial charge in [-0.25, -0.2) is 19.9 Å². The van der Waals surface area contributed by atoms with Gasteiger partial charge >= 0.3 is 0 Å². The molecule has 1 N–H and O–H groups in total. The lowest BCUT2D eigenvalue weighted by Crippen LogP contribution is -2.05. The van der Waals surface area contributed by atoms with E-state index in [0.29, 0.717) is 23.5 Å². The van der Waals surface area contributed by atoms with E-state index in [9.17, 15) is 0 Å². The average molecular weight is 267 g/mol. The number of nitrogens with zero attached hydrogens (tertiary/aromatic N) is 4. The molecule has 2 aromatic heterocycles. The topological polar surface area (TPSA) is 72.8 Å². The maximum absolute atomic E-state index is 5.32. The van der Waals surface area contributed by atoms with Crippen LogP contribution in [0.4, 0.5) is 5.82 Å². The van der Waals surface area contributed by atoms with Crippen LogP contribution in [0.2, 0.25) is 0 Å². The van der Waals surface area contributed by atoms with E-state index in [0.717, 1.165) is 11.3 Å². The van der Waals surface area contributed by atoms with Crippen LogP contribution in [0.1, 0.15) is 5.56 Å². The molecule has 6 nitrogen and oxygen atoms in total. The smallest absolute Gasteiger partial charge is 0.183 e. The van der Waals surface area contributed by atoms with E-state index in [4.69, 9.17) is 4.74 Å².